The van der Waals surface area contributed by atoms with Crippen LogP contribution in [-0.4, -0.2) is 97.9 Å². The highest BCUT2D eigenvalue weighted by Gasteiger charge is 2.40. The van der Waals surface area contributed by atoms with Gasteiger partial charge in [0.05, 0.1) is 28.4 Å². The van der Waals surface area contributed by atoms with Gasteiger partial charge in [0.25, 0.3) is 11.4 Å². The monoisotopic (exact) mass is 617 g/mol. The highest BCUT2D eigenvalue weighted by molar-refractivity contribution is 7.81. The van der Waals surface area contributed by atoms with Gasteiger partial charge in [-0.25, -0.2) is 9.59 Å². The number of nitro groups is 2. The molecule has 0 bridgehead atoms. The third-order valence-electron chi connectivity index (χ3n) is 7.29. The van der Waals surface area contributed by atoms with Crippen molar-refractivity contribution in [2.75, 3.05) is 32.7 Å². The highest BCUT2D eigenvalue weighted by atomic mass is 32.1. The number of hydrogen-bond acceptors (Lipinski definition) is 11. The lowest BCUT2D eigenvalue weighted by atomic mass is 10.0. The Hall–Kier alpha value is -4.44. The Morgan fingerprint density at radius 3 is 1.79 bits per heavy atom. The molecule has 1 N–H and O–H groups in total. The van der Waals surface area contributed by atoms with Crippen LogP contribution in [0.15, 0.2) is 48.5 Å². The van der Waals surface area contributed by atoms with Gasteiger partial charge in [0.15, 0.2) is 0 Å². The van der Waals surface area contributed by atoms with E-state index in [0.29, 0.717) is 17.5 Å². The first kappa shape index (κ1) is 31.5. The summed E-state index contributed by atoms with van der Waals surface area (Å²) in [5, 5.41) is 32.3. The Morgan fingerprint density at radius 1 is 0.837 bits per heavy atom. The number of benzene rings is 2. The van der Waals surface area contributed by atoms with Crippen LogP contribution in [0.25, 0.3) is 0 Å². The van der Waals surface area contributed by atoms with Gasteiger partial charge in [0.1, 0.15) is 13.2 Å². The SMILES string of the molecule is O=C(CC(O)C1CC(S)CN1C(=O)OCc1ccc([N+](=O)[O-])cc1)N1CCN(C(=O)OCc2ccc([N+](=O)[O-])cc2)CC1. The fourth-order valence-corrected chi connectivity index (χ4v) is 5.28. The van der Waals surface area contributed by atoms with Crippen molar-refractivity contribution in [3.8, 4) is 0 Å². The number of aliphatic hydroxyl groups is 1. The minimum atomic E-state index is -1.17. The summed E-state index contributed by atoms with van der Waals surface area (Å²) in [5.74, 6) is -0.326. The van der Waals surface area contributed by atoms with E-state index in [0.717, 1.165) is 0 Å². The van der Waals surface area contributed by atoms with Gasteiger partial charge in [0, 0.05) is 62.2 Å². The van der Waals surface area contributed by atoms with Gasteiger partial charge >= 0.3 is 12.2 Å². The van der Waals surface area contributed by atoms with Crippen LogP contribution in [0.1, 0.15) is 24.0 Å². The Balaban J connectivity index is 1.22. The van der Waals surface area contributed by atoms with Crippen molar-refractivity contribution in [2.24, 2.45) is 0 Å². The molecular formula is C27H31N5O10S. The van der Waals surface area contributed by atoms with E-state index < -0.39 is 34.2 Å². The first-order chi connectivity index (χ1) is 20.5. The lowest BCUT2D eigenvalue weighted by Crippen LogP contribution is -2.52. The Bertz CT molecular complexity index is 1330. The van der Waals surface area contributed by atoms with E-state index in [2.05, 4.69) is 12.6 Å². The molecule has 2 fully saturated rings. The van der Waals surface area contributed by atoms with Crippen LogP contribution < -0.4 is 0 Å². The number of carbonyl (C=O) groups is 3. The van der Waals surface area contributed by atoms with Crippen LogP contribution in [0.5, 0.6) is 0 Å². The molecule has 4 rings (SSSR count). The molecule has 230 valence electrons. The molecule has 2 aliphatic heterocycles. The largest absolute Gasteiger partial charge is 0.445 e. The van der Waals surface area contributed by atoms with Crippen LogP contribution in [0.4, 0.5) is 21.0 Å². The van der Waals surface area contributed by atoms with Gasteiger partial charge in [-0.3, -0.25) is 25.0 Å². The number of hydrogen-bond donors (Lipinski definition) is 2. The molecular weight excluding hydrogens is 586 g/mol. The number of nitrogens with zero attached hydrogens (tertiary/aromatic N) is 5. The van der Waals surface area contributed by atoms with Crippen molar-refractivity contribution in [3.05, 3.63) is 79.9 Å². The smallest absolute Gasteiger partial charge is 0.410 e. The quantitative estimate of drug-likeness (QED) is 0.241. The second kappa shape index (κ2) is 14.2. The Kier molecular flexibility index (Phi) is 10.4. The zero-order valence-corrected chi connectivity index (χ0v) is 23.9. The number of non-ortho nitro benzene ring substituents is 2. The summed E-state index contributed by atoms with van der Waals surface area (Å²) < 4.78 is 10.7. The van der Waals surface area contributed by atoms with Crippen LogP contribution in [0.3, 0.4) is 0 Å². The third-order valence-corrected chi connectivity index (χ3v) is 7.67. The molecule has 3 unspecified atom stereocenters. The number of carbonyl (C=O) groups excluding carboxylic acids is 3. The van der Waals surface area contributed by atoms with Crippen molar-refractivity contribution in [3.63, 3.8) is 0 Å². The van der Waals surface area contributed by atoms with Gasteiger partial charge in [-0.2, -0.15) is 12.6 Å². The molecule has 15 nitrogen and oxygen atoms in total. The van der Waals surface area contributed by atoms with Crippen LogP contribution in [0.2, 0.25) is 0 Å². The molecule has 2 saturated heterocycles. The Labute approximate surface area is 251 Å². The van der Waals surface area contributed by atoms with Crippen molar-refractivity contribution in [2.45, 2.75) is 43.5 Å². The second-order valence-electron chi connectivity index (χ2n) is 10.2. The summed E-state index contributed by atoms with van der Waals surface area (Å²) in [6.45, 7) is 0.973. The van der Waals surface area contributed by atoms with Gasteiger partial charge in [-0.05, 0) is 41.8 Å². The first-order valence-electron chi connectivity index (χ1n) is 13.5. The molecule has 3 atom stereocenters. The first-order valence-corrected chi connectivity index (χ1v) is 14.0. The van der Waals surface area contributed by atoms with E-state index in [9.17, 15) is 39.7 Å². The number of likely N-dealkylation sites (tertiary alicyclic amines) is 1. The summed E-state index contributed by atoms with van der Waals surface area (Å²) >= 11 is 4.45. The van der Waals surface area contributed by atoms with Crippen molar-refractivity contribution in [1.82, 2.24) is 14.7 Å². The lowest BCUT2D eigenvalue weighted by Gasteiger charge is -2.35. The molecule has 3 amide bonds. The zero-order valence-electron chi connectivity index (χ0n) is 23.0. The molecule has 2 aliphatic rings. The van der Waals surface area contributed by atoms with Crippen LogP contribution >= 0.6 is 12.6 Å². The number of aliphatic hydroxyl groups excluding tert-OH is 1. The summed E-state index contributed by atoms with van der Waals surface area (Å²) in [6.07, 6.45) is -2.30. The Morgan fingerprint density at radius 2 is 1.30 bits per heavy atom. The summed E-state index contributed by atoms with van der Waals surface area (Å²) in [7, 11) is 0. The summed E-state index contributed by atoms with van der Waals surface area (Å²) in [6, 6.07) is 10.6. The minimum Gasteiger partial charge on any atom is -0.445 e. The molecule has 0 saturated carbocycles. The summed E-state index contributed by atoms with van der Waals surface area (Å²) in [5.41, 5.74) is 1.01. The molecule has 0 aromatic heterocycles. The predicted octanol–water partition coefficient (Wildman–Crippen LogP) is 2.74. The van der Waals surface area contributed by atoms with E-state index in [4.69, 9.17) is 9.47 Å². The van der Waals surface area contributed by atoms with E-state index in [1.54, 1.807) is 0 Å². The van der Waals surface area contributed by atoms with E-state index >= 15 is 0 Å². The second-order valence-corrected chi connectivity index (χ2v) is 10.9. The molecule has 2 aromatic rings. The maximum atomic E-state index is 13.0. The van der Waals surface area contributed by atoms with Gasteiger partial charge in [0.2, 0.25) is 5.91 Å². The average Bonchev–Trinajstić information content (AvgIpc) is 3.41. The number of piperazine rings is 1. The number of thiol groups is 1. The van der Waals surface area contributed by atoms with E-state index in [1.807, 2.05) is 0 Å². The van der Waals surface area contributed by atoms with Crippen molar-refractivity contribution < 1.29 is 38.8 Å². The molecule has 2 heterocycles. The maximum Gasteiger partial charge on any atom is 0.410 e. The average molecular weight is 618 g/mol. The molecule has 0 spiro atoms. The molecule has 0 radical (unpaired) electrons. The van der Waals surface area contributed by atoms with Gasteiger partial charge in [-0.1, -0.05) is 0 Å². The van der Waals surface area contributed by atoms with E-state index in [-0.39, 0.29) is 74.9 Å². The lowest BCUT2D eigenvalue weighted by molar-refractivity contribution is -0.385. The summed E-state index contributed by atoms with van der Waals surface area (Å²) in [4.78, 5) is 63.1. The molecule has 0 aliphatic carbocycles. The molecule has 43 heavy (non-hydrogen) atoms. The normalized spacial score (nSPS) is 19.1. The zero-order chi connectivity index (χ0) is 31.1. The van der Waals surface area contributed by atoms with Crippen LogP contribution in [-0.2, 0) is 27.5 Å². The fraction of sp³-hybridized carbons (Fsp3) is 0.444. The van der Waals surface area contributed by atoms with Gasteiger partial charge < -0.3 is 29.3 Å². The molecule has 2 aromatic carbocycles. The topological polar surface area (TPSA) is 186 Å². The van der Waals surface area contributed by atoms with Gasteiger partial charge in [-0.15, -0.1) is 0 Å². The fourth-order valence-electron chi connectivity index (χ4n) is 4.89. The van der Waals surface area contributed by atoms with E-state index in [1.165, 1.54) is 63.2 Å². The predicted molar refractivity (Wildman–Crippen MR) is 153 cm³/mol. The number of rotatable bonds is 9. The highest BCUT2D eigenvalue weighted by Crippen LogP contribution is 2.27. The van der Waals surface area contributed by atoms with Crippen molar-refractivity contribution in [1.29, 1.82) is 0 Å². The standard InChI is InChI=1S/C27H31N5O10S/c33-24(23-13-22(43)15-30(23)27(36)42-17-19-3-7-21(8-4-19)32(39)40)14-25(34)28-9-11-29(12-10-28)26(35)41-16-18-1-5-20(6-2-18)31(37)38/h1-8,22-24,33,43H,9-17H2. The number of amides is 3. The van der Waals surface area contributed by atoms with Crippen LogP contribution in [0, 0.1) is 20.2 Å². The third kappa shape index (κ3) is 8.32. The molecule has 16 heteroatoms. The number of ether oxygens (including phenoxy) is 2. The number of nitro benzene ring substituents is 2. The maximum absolute atomic E-state index is 13.0. The minimum absolute atomic E-state index is 0.0531. The van der Waals surface area contributed by atoms with Crippen molar-refractivity contribution >= 4 is 42.1 Å².